The molecular formula is C14H21N3O. The second-order valence-electron chi connectivity index (χ2n) is 5.45. The van der Waals surface area contributed by atoms with Crippen LogP contribution in [-0.4, -0.2) is 24.4 Å². The van der Waals surface area contributed by atoms with E-state index in [4.69, 9.17) is 11.5 Å². The number of nitrogen functional groups attached to an aromatic ring is 1. The summed E-state index contributed by atoms with van der Waals surface area (Å²) in [6, 6.07) is 5.29. The summed E-state index contributed by atoms with van der Waals surface area (Å²) in [7, 11) is 2.10. The van der Waals surface area contributed by atoms with E-state index in [1.807, 2.05) is 6.07 Å². The summed E-state index contributed by atoms with van der Waals surface area (Å²) in [5.74, 6) is 1.26. The number of carbonyl (C=O) groups excluding carboxylic acids is 1. The fraction of sp³-hybridized carbons (Fsp3) is 0.500. The SMILES string of the molecule is CC1CC1CN(C)Cc1ccc(C(N)=O)cc1N. The van der Waals surface area contributed by atoms with E-state index in [0.29, 0.717) is 11.3 Å². The summed E-state index contributed by atoms with van der Waals surface area (Å²) in [6.07, 6.45) is 1.33. The molecular weight excluding hydrogens is 226 g/mol. The molecule has 1 aromatic rings. The fourth-order valence-corrected chi connectivity index (χ4v) is 2.30. The minimum atomic E-state index is -0.437. The van der Waals surface area contributed by atoms with Crippen molar-refractivity contribution in [3.63, 3.8) is 0 Å². The number of nitrogens with zero attached hydrogens (tertiary/aromatic N) is 1. The van der Waals surface area contributed by atoms with Gasteiger partial charge in [-0.25, -0.2) is 0 Å². The first kappa shape index (κ1) is 12.9. The molecule has 98 valence electrons. The maximum atomic E-state index is 11.0. The van der Waals surface area contributed by atoms with Crippen LogP contribution in [0.4, 0.5) is 5.69 Å². The number of hydrogen-bond acceptors (Lipinski definition) is 3. The van der Waals surface area contributed by atoms with E-state index in [2.05, 4.69) is 18.9 Å². The Kier molecular flexibility index (Phi) is 3.57. The summed E-state index contributed by atoms with van der Waals surface area (Å²) >= 11 is 0. The molecule has 1 aliphatic carbocycles. The Morgan fingerprint density at radius 2 is 2.17 bits per heavy atom. The zero-order chi connectivity index (χ0) is 13.3. The van der Waals surface area contributed by atoms with Gasteiger partial charge in [0.1, 0.15) is 0 Å². The average Bonchev–Trinajstić information content (AvgIpc) is 2.96. The lowest BCUT2D eigenvalue weighted by Crippen LogP contribution is -2.22. The highest BCUT2D eigenvalue weighted by Gasteiger charge is 2.33. The molecule has 2 unspecified atom stereocenters. The van der Waals surface area contributed by atoms with E-state index in [1.165, 1.54) is 6.42 Å². The molecule has 1 aromatic carbocycles. The molecule has 0 aromatic heterocycles. The summed E-state index contributed by atoms with van der Waals surface area (Å²) in [6.45, 7) is 4.21. The van der Waals surface area contributed by atoms with Crippen LogP contribution in [0.25, 0.3) is 0 Å². The molecule has 1 amide bonds. The van der Waals surface area contributed by atoms with Gasteiger partial charge in [-0.15, -0.1) is 0 Å². The summed E-state index contributed by atoms with van der Waals surface area (Å²) in [5, 5.41) is 0. The first-order chi connectivity index (χ1) is 8.47. The van der Waals surface area contributed by atoms with E-state index in [9.17, 15) is 4.79 Å². The molecule has 2 rings (SSSR count). The summed E-state index contributed by atoms with van der Waals surface area (Å²) < 4.78 is 0. The van der Waals surface area contributed by atoms with Crippen LogP contribution in [0, 0.1) is 11.8 Å². The van der Waals surface area contributed by atoms with Gasteiger partial charge in [0.25, 0.3) is 0 Å². The van der Waals surface area contributed by atoms with Crippen LogP contribution >= 0.6 is 0 Å². The first-order valence-corrected chi connectivity index (χ1v) is 6.34. The number of primary amides is 1. The zero-order valence-electron chi connectivity index (χ0n) is 11.0. The van der Waals surface area contributed by atoms with Crippen LogP contribution in [0.15, 0.2) is 18.2 Å². The number of amides is 1. The van der Waals surface area contributed by atoms with Crippen LogP contribution < -0.4 is 11.5 Å². The maximum Gasteiger partial charge on any atom is 0.248 e. The molecule has 18 heavy (non-hydrogen) atoms. The fourth-order valence-electron chi connectivity index (χ4n) is 2.30. The van der Waals surface area contributed by atoms with Gasteiger partial charge in [-0.3, -0.25) is 4.79 Å². The minimum Gasteiger partial charge on any atom is -0.398 e. The topological polar surface area (TPSA) is 72.3 Å². The van der Waals surface area contributed by atoms with E-state index in [1.54, 1.807) is 12.1 Å². The molecule has 0 saturated heterocycles. The van der Waals surface area contributed by atoms with E-state index in [0.717, 1.165) is 30.5 Å². The van der Waals surface area contributed by atoms with Crippen LogP contribution in [0.2, 0.25) is 0 Å². The molecule has 0 radical (unpaired) electrons. The zero-order valence-corrected chi connectivity index (χ0v) is 11.0. The summed E-state index contributed by atoms with van der Waals surface area (Å²) in [5.41, 5.74) is 13.3. The number of benzene rings is 1. The van der Waals surface area contributed by atoms with Crippen LogP contribution in [-0.2, 0) is 6.54 Å². The van der Waals surface area contributed by atoms with Gasteiger partial charge in [-0.05, 0) is 43.0 Å². The van der Waals surface area contributed by atoms with Crippen molar-refractivity contribution < 1.29 is 4.79 Å². The Hall–Kier alpha value is -1.55. The third-order valence-corrected chi connectivity index (χ3v) is 3.69. The van der Waals surface area contributed by atoms with Crippen molar-refractivity contribution in [3.8, 4) is 0 Å². The smallest absolute Gasteiger partial charge is 0.248 e. The van der Waals surface area contributed by atoms with Crippen molar-refractivity contribution in [2.75, 3.05) is 19.3 Å². The molecule has 4 nitrogen and oxygen atoms in total. The Morgan fingerprint density at radius 1 is 1.50 bits per heavy atom. The number of nitrogens with two attached hydrogens (primary N) is 2. The van der Waals surface area contributed by atoms with Gasteiger partial charge in [-0.1, -0.05) is 13.0 Å². The van der Waals surface area contributed by atoms with Crippen molar-refractivity contribution in [1.29, 1.82) is 0 Å². The normalized spacial score (nSPS) is 22.2. The van der Waals surface area contributed by atoms with Crippen molar-refractivity contribution >= 4 is 11.6 Å². The predicted molar refractivity (Wildman–Crippen MR) is 73.0 cm³/mol. The lowest BCUT2D eigenvalue weighted by atomic mass is 10.1. The molecule has 1 saturated carbocycles. The third kappa shape index (κ3) is 3.01. The first-order valence-electron chi connectivity index (χ1n) is 6.34. The second-order valence-corrected chi connectivity index (χ2v) is 5.45. The molecule has 4 N–H and O–H groups in total. The molecule has 0 bridgehead atoms. The molecule has 0 spiro atoms. The Balaban J connectivity index is 1.98. The standard InChI is InChI=1S/C14H21N3O/c1-9-5-12(9)8-17(2)7-11-4-3-10(14(16)18)6-13(11)15/h3-4,6,9,12H,5,7-8,15H2,1-2H3,(H2,16,18). The highest BCUT2D eigenvalue weighted by molar-refractivity contribution is 5.93. The predicted octanol–water partition coefficient (Wildman–Crippen LogP) is 1.46. The quantitative estimate of drug-likeness (QED) is 0.774. The monoisotopic (exact) mass is 247 g/mol. The van der Waals surface area contributed by atoms with Gasteiger partial charge in [-0.2, -0.15) is 0 Å². The minimum absolute atomic E-state index is 0.437. The molecule has 1 aliphatic rings. The Labute approximate surface area is 108 Å². The molecule has 1 fully saturated rings. The Bertz CT molecular complexity index is 458. The van der Waals surface area contributed by atoms with Crippen LogP contribution in [0.3, 0.4) is 0 Å². The number of anilines is 1. The number of rotatable bonds is 5. The number of hydrogen-bond donors (Lipinski definition) is 2. The largest absolute Gasteiger partial charge is 0.398 e. The van der Waals surface area contributed by atoms with E-state index >= 15 is 0 Å². The molecule has 2 atom stereocenters. The van der Waals surface area contributed by atoms with E-state index in [-0.39, 0.29) is 0 Å². The van der Waals surface area contributed by atoms with E-state index < -0.39 is 5.91 Å². The van der Waals surface area contributed by atoms with Gasteiger partial charge in [0.05, 0.1) is 0 Å². The molecule has 0 heterocycles. The van der Waals surface area contributed by atoms with Crippen LogP contribution in [0.5, 0.6) is 0 Å². The van der Waals surface area contributed by atoms with Gasteiger partial charge in [0.2, 0.25) is 5.91 Å². The Morgan fingerprint density at radius 3 is 2.67 bits per heavy atom. The maximum absolute atomic E-state index is 11.0. The van der Waals surface area contributed by atoms with Gasteiger partial charge < -0.3 is 16.4 Å². The van der Waals surface area contributed by atoms with Crippen molar-refractivity contribution in [3.05, 3.63) is 29.3 Å². The van der Waals surface area contributed by atoms with Crippen molar-refractivity contribution in [2.24, 2.45) is 17.6 Å². The highest BCUT2D eigenvalue weighted by atomic mass is 16.1. The van der Waals surface area contributed by atoms with Gasteiger partial charge in [0.15, 0.2) is 0 Å². The highest BCUT2D eigenvalue weighted by Crippen LogP contribution is 2.38. The molecule has 4 heteroatoms. The van der Waals surface area contributed by atoms with Crippen molar-refractivity contribution in [2.45, 2.75) is 19.9 Å². The average molecular weight is 247 g/mol. The van der Waals surface area contributed by atoms with Gasteiger partial charge in [0, 0.05) is 24.3 Å². The lowest BCUT2D eigenvalue weighted by Gasteiger charge is -2.18. The second kappa shape index (κ2) is 4.98. The molecule has 0 aliphatic heterocycles. The third-order valence-electron chi connectivity index (χ3n) is 3.69. The number of carbonyl (C=O) groups is 1. The lowest BCUT2D eigenvalue weighted by molar-refractivity contribution is 0.100. The van der Waals surface area contributed by atoms with Crippen LogP contribution in [0.1, 0.15) is 29.3 Å². The van der Waals surface area contributed by atoms with Crippen molar-refractivity contribution in [1.82, 2.24) is 4.90 Å². The van der Waals surface area contributed by atoms with Gasteiger partial charge >= 0.3 is 0 Å². The summed E-state index contributed by atoms with van der Waals surface area (Å²) in [4.78, 5) is 13.3.